The Bertz CT molecular complexity index is 392. The summed E-state index contributed by atoms with van der Waals surface area (Å²) in [6.07, 6.45) is 16.7. The molecule has 132 valence electrons. The summed E-state index contributed by atoms with van der Waals surface area (Å²) in [7, 11) is 0. The molecule has 23 heavy (non-hydrogen) atoms. The number of hydrogen-bond acceptors (Lipinski definition) is 4. The van der Waals surface area contributed by atoms with Crippen LogP contribution in [0.1, 0.15) is 70.6 Å². The van der Waals surface area contributed by atoms with E-state index in [-0.39, 0.29) is 5.91 Å². The quantitative estimate of drug-likeness (QED) is 0.468. The van der Waals surface area contributed by atoms with Gasteiger partial charge in [-0.1, -0.05) is 63.3 Å². The number of hydrogen-bond donors (Lipinski definition) is 4. The Morgan fingerprint density at radius 1 is 1.04 bits per heavy atom. The fraction of sp³-hybridized carbons (Fsp3) is 0.824. The molecule has 1 saturated carbocycles. The van der Waals surface area contributed by atoms with Crippen molar-refractivity contribution >= 4 is 17.7 Å². The predicted molar refractivity (Wildman–Crippen MR) is 96.3 cm³/mol. The van der Waals surface area contributed by atoms with E-state index in [0.717, 1.165) is 0 Å². The van der Waals surface area contributed by atoms with E-state index in [2.05, 4.69) is 28.1 Å². The second-order valence-corrected chi connectivity index (χ2v) is 7.86. The standard InChI is InChI=1S/C17H32N4OS/c1-14-16(22)19-17(23-2,21-20-14)18-15-12-10-8-6-4-3-5-7-9-11-13-15/h15,18,20-21H,1,3-13H2,2H3,(H,19,22)/p+1. The minimum Gasteiger partial charge on any atom is -0.310 e. The summed E-state index contributed by atoms with van der Waals surface area (Å²) < 4.78 is 0. The molecule has 1 atom stereocenters. The molecular weight excluding hydrogens is 308 g/mol. The van der Waals surface area contributed by atoms with Gasteiger partial charge in [-0.05, 0) is 31.9 Å². The fourth-order valence-corrected chi connectivity index (χ4v) is 4.12. The van der Waals surface area contributed by atoms with Crippen LogP contribution >= 0.6 is 11.8 Å². The molecule has 5 nitrogen and oxygen atoms in total. The van der Waals surface area contributed by atoms with E-state index in [0.29, 0.717) is 11.7 Å². The van der Waals surface area contributed by atoms with Gasteiger partial charge in [0.2, 0.25) is 0 Å². The minimum atomic E-state index is -0.528. The molecule has 6 heteroatoms. The molecule has 1 aliphatic carbocycles. The van der Waals surface area contributed by atoms with Gasteiger partial charge < -0.3 is 5.43 Å². The van der Waals surface area contributed by atoms with Crippen molar-refractivity contribution in [3.8, 4) is 0 Å². The molecule has 5 N–H and O–H groups in total. The maximum Gasteiger partial charge on any atom is 0.297 e. The van der Waals surface area contributed by atoms with Crippen molar-refractivity contribution < 1.29 is 10.1 Å². The molecule has 1 unspecified atom stereocenters. The van der Waals surface area contributed by atoms with Crippen molar-refractivity contribution in [1.29, 1.82) is 0 Å². The van der Waals surface area contributed by atoms with Gasteiger partial charge in [0.25, 0.3) is 11.0 Å². The van der Waals surface area contributed by atoms with Gasteiger partial charge in [0.1, 0.15) is 5.70 Å². The lowest BCUT2D eigenvalue weighted by molar-refractivity contribution is -0.745. The van der Waals surface area contributed by atoms with Gasteiger partial charge in [-0.2, -0.15) is 5.43 Å². The molecule has 1 amide bonds. The predicted octanol–water partition coefficient (Wildman–Crippen LogP) is 1.94. The zero-order valence-electron chi connectivity index (χ0n) is 14.5. The van der Waals surface area contributed by atoms with Crippen LogP contribution in [0.2, 0.25) is 0 Å². The molecule has 1 aliphatic heterocycles. The number of carbonyl (C=O) groups excluding carboxylic acids is 1. The van der Waals surface area contributed by atoms with Crippen molar-refractivity contribution in [3.05, 3.63) is 12.3 Å². The van der Waals surface area contributed by atoms with Crippen LogP contribution in [0.3, 0.4) is 0 Å². The van der Waals surface area contributed by atoms with E-state index in [1.807, 2.05) is 6.26 Å². The summed E-state index contributed by atoms with van der Waals surface area (Å²) in [6, 6.07) is 0.544. The highest BCUT2D eigenvalue weighted by molar-refractivity contribution is 7.99. The van der Waals surface area contributed by atoms with E-state index < -0.39 is 5.12 Å². The smallest absolute Gasteiger partial charge is 0.297 e. The molecule has 2 aliphatic rings. The first-order valence-corrected chi connectivity index (χ1v) is 10.3. The van der Waals surface area contributed by atoms with Gasteiger partial charge in [0.15, 0.2) is 0 Å². The first-order chi connectivity index (χ1) is 11.2. The number of hydrazine groups is 1. The van der Waals surface area contributed by atoms with Crippen LogP contribution in [0.4, 0.5) is 0 Å². The lowest BCUT2D eigenvalue weighted by Gasteiger charge is -2.38. The number of amides is 1. The Kier molecular flexibility index (Phi) is 7.73. The third-order valence-corrected chi connectivity index (χ3v) is 5.90. The summed E-state index contributed by atoms with van der Waals surface area (Å²) in [5.74, 6) is -0.123. The molecule has 0 aromatic heterocycles. The first-order valence-electron chi connectivity index (χ1n) is 9.11. The van der Waals surface area contributed by atoms with Crippen LogP contribution in [0, 0.1) is 0 Å². The van der Waals surface area contributed by atoms with Crippen LogP contribution in [0.15, 0.2) is 12.3 Å². The Morgan fingerprint density at radius 3 is 2.04 bits per heavy atom. The van der Waals surface area contributed by atoms with Crippen LogP contribution in [0.5, 0.6) is 0 Å². The lowest BCUT2D eigenvalue weighted by atomic mass is 9.98. The summed E-state index contributed by atoms with van der Waals surface area (Å²) in [6.45, 7) is 3.70. The zero-order chi connectivity index (χ0) is 16.5. The van der Waals surface area contributed by atoms with Crippen molar-refractivity contribution in [2.75, 3.05) is 6.26 Å². The molecule has 2 rings (SSSR count). The topological polar surface area (TPSA) is 69.8 Å². The summed E-state index contributed by atoms with van der Waals surface area (Å²) >= 11 is 1.62. The molecular formula is C17H33N4OS+. The SMILES string of the molecule is C=C1NNC([NH2+]C2CCCCCCCCCCC2)(SC)NC1=O. The van der Waals surface area contributed by atoms with Gasteiger partial charge in [-0.25, -0.2) is 0 Å². The molecule has 2 fully saturated rings. The Labute approximate surface area is 144 Å². The monoisotopic (exact) mass is 341 g/mol. The molecule has 0 aromatic rings. The molecule has 1 heterocycles. The van der Waals surface area contributed by atoms with Crippen LogP contribution < -0.4 is 21.5 Å². The lowest BCUT2D eigenvalue weighted by Crippen LogP contribution is -3.08. The summed E-state index contributed by atoms with van der Waals surface area (Å²) in [5.41, 5.74) is 6.52. The number of nitrogens with one attached hydrogen (secondary N) is 3. The van der Waals surface area contributed by atoms with Crippen molar-refractivity contribution in [2.45, 2.75) is 81.8 Å². The molecule has 0 spiro atoms. The number of carbonyl (C=O) groups is 1. The van der Waals surface area contributed by atoms with E-state index in [4.69, 9.17) is 0 Å². The molecule has 1 saturated heterocycles. The number of quaternary nitrogens is 1. The van der Waals surface area contributed by atoms with Crippen molar-refractivity contribution in [2.24, 2.45) is 0 Å². The second-order valence-electron chi connectivity index (χ2n) is 6.81. The summed E-state index contributed by atoms with van der Waals surface area (Å²) in [5, 5.41) is 4.84. The largest absolute Gasteiger partial charge is 0.310 e. The number of rotatable bonds is 3. The zero-order valence-corrected chi connectivity index (χ0v) is 15.3. The maximum absolute atomic E-state index is 12.0. The first kappa shape index (κ1) is 18.6. The Morgan fingerprint density at radius 2 is 1.57 bits per heavy atom. The Balaban J connectivity index is 1.92. The minimum absolute atomic E-state index is 0.123. The third kappa shape index (κ3) is 6.01. The fourth-order valence-electron chi connectivity index (χ4n) is 3.45. The van der Waals surface area contributed by atoms with E-state index in [1.165, 1.54) is 70.6 Å². The third-order valence-electron chi connectivity index (χ3n) is 4.91. The van der Waals surface area contributed by atoms with Crippen molar-refractivity contribution in [3.63, 3.8) is 0 Å². The van der Waals surface area contributed by atoms with Crippen LogP contribution in [-0.4, -0.2) is 23.3 Å². The van der Waals surface area contributed by atoms with Gasteiger partial charge in [0, 0.05) is 0 Å². The molecule has 0 radical (unpaired) electrons. The number of nitrogens with two attached hydrogens (primary N) is 1. The average Bonchev–Trinajstić information content (AvgIpc) is 2.54. The van der Waals surface area contributed by atoms with Gasteiger partial charge in [-0.15, -0.1) is 0 Å². The molecule has 0 bridgehead atoms. The highest BCUT2D eigenvalue weighted by Crippen LogP contribution is 2.17. The van der Waals surface area contributed by atoms with E-state index >= 15 is 0 Å². The molecule has 0 aromatic carbocycles. The van der Waals surface area contributed by atoms with E-state index in [9.17, 15) is 4.79 Å². The highest BCUT2D eigenvalue weighted by atomic mass is 32.2. The normalized spacial score (nSPS) is 29.1. The van der Waals surface area contributed by atoms with Crippen molar-refractivity contribution in [1.82, 2.24) is 16.2 Å². The highest BCUT2D eigenvalue weighted by Gasteiger charge is 2.41. The van der Waals surface area contributed by atoms with Gasteiger partial charge >= 0.3 is 0 Å². The van der Waals surface area contributed by atoms with E-state index in [1.54, 1.807) is 11.8 Å². The van der Waals surface area contributed by atoms with Gasteiger partial charge in [-0.3, -0.25) is 15.4 Å². The average molecular weight is 342 g/mol. The van der Waals surface area contributed by atoms with Crippen LogP contribution in [0.25, 0.3) is 0 Å². The Hall–Kier alpha value is -0.720. The maximum atomic E-state index is 12.0. The summed E-state index contributed by atoms with van der Waals surface area (Å²) in [4.78, 5) is 12.0. The number of thioether (sulfide) groups is 1. The van der Waals surface area contributed by atoms with Gasteiger partial charge in [0.05, 0.1) is 6.04 Å². The van der Waals surface area contributed by atoms with Crippen LogP contribution in [-0.2, 0) is 4.79 Å². The second kappa shape index (κ2) is 9.55.